The summed E-state index contributed by atoms with van der Waals surface area (Å²) in [5.41, 5.74) is 2.05. The Morgan fingerprint density at radius 3 is 3.09 bits per heavy atom. The Hall–Kier alpha value is -2.50. The Kier molecular flexibility index (Phi) is 4.00. The van der Waals surface area contributed by atoms with Crippen LogP contribution in [0.25, 0.3) is 0 Å². The van der Waals surface area contributed by atoms with Gasteiger partial charge in [0.15, 0.2) is 0 Å². The molecule has 0 aliphatic carbocycles. The van der Waals surface area contributed by atoms with E-state index >= 15 is 0 Å². The summed E-state index contributed by atoms with van der Waals surface area (Å²) < 4.78 is 7.35. The zero-order chi connectivity index (χ0) is 15.5. The van der Waals surface area contributed by atoms with Crippen LogP contribution in [-0.4, -0.2) is 34.4 Å². The third-order valence-corrected chi connectivity index (χ3v) is 3.78. The molecule has 2 amide bonds. The van der Waals surface area contributed by atoms with Crippen LogP contribution in [0.2, 0.25) is 0 Å². The van der Waals surface area contributed by atoms with Gasteiger partial charge in [-0.15, -0.1) is 0 Å². The van der Waals surface area contributed by atoms with Gasteiger partial charge in [0.05, 0.1) is 25.4 Å². The molecule has 1 aliphatic heterocycles. The molecule has 0 fully saturated rings. The summed E-state index contributed by atoms with van der Waals surface area (Å²) in [7, 11) is 3.65. The molecule has 6 nitrogen and oxygen atoms in total. The van der Waals surface area contributed by atoms with Crippen LogP contribution in [0.5, 0.6) is 5.75 Å². The number of benzene rings is 1. The number of aryl methyl sites for hydroxylation is 1. The Bertz CT molecular complexity index is 668. The van der Waals surface area contributed by atoms with E-state index in [1.54, 1.807) is 22.8 Å². The molecule has 0 radical (unpaired) electrons. The maximum absolute atomic E-state index is 12.4. The van der Waals surface area contributed by atoms with Crippen LogP contribution in [0, 0.1) is 0 Å². The second kappa shape index (κ2) is 6.09. The first-order valence-corrected chi connectivity index (χ1v) is 7.34. The molecule has 1 aromatic heterocycles. The Balaban J connectivity index is 1.64. The number of ether oxygens (including phenoxy) is 1. The number of aromatic nitrogens is 2. The van der Waals surface area contributed by atoms with Crippen molar-refractivity contribution in [1.29, 1.82) is 0 Å². The van der Waals surface area contributed by atoms with Crippen molar-refractivity contribution < 1.29 is 9.53 Å². The van der Waals surface area contributed by atoms with Crippen LogP contribution in [-0.2, 0) is 13.6 Å². The number of fused-ring (bicyclic) bond motifs is 1. The Labute approximate surface area is 129 Å². The van der Waals surface area contributed by atoms with Crippen molar-refractivity contribution in [3.8, 4) is 5.75 Å². The molecule has 0 bridgehead atoms. The van der Waals surface area contributed by atoms with Crippen molar-refractivity contribution in [1.82, 2.24) is 20.0 Å². The van der Waals surface area contributed by atoms with Gasteiger partial charge in [-0.3, -0.25) is 4.68 Å². The first-order valence-electron chi connectivity index (χ1n) is 7.34. The third kappa shape index (κ3) is 3.05. The average Bonchev–Trinajstić information content (AvgIpc) is 2.92. The summed E-state index contributed by atoms with van der Waals surface area (Å²) in [5.74, 6) is 0.856. The summed E-state index contributed by atoms with van der Waals surface area (Å²) in [6.07, 6.45) is 4.46. The largest absolute Gasteiger partial charge is 0.493 e. The molecule has 0 saturated carbocycles. The van der Waals surface area contributed by atoms with Crippen molar-refractivity contribution >= 4 is 6.03 Å². The van der Waals surface area contributed by atoms with Crippen LogP contribution in [0.4, 0.5) is 4.79 Å². The molecule has 1 aromatic carbocycles. The number of urea groups is 1. The first-order chi connectivity index (χ1) is 10.6. The zero-order valence-corrected chi connectivity index (χ0v) is 12.8. The summed E-state index contributed by atoms with van der Waals surface area (Å²) in [6.45, 7) is 1.15. The first kappa shape index (κ1) is 14.4. The highest BCUT2D eigenvalue weighted by Gasteiger charge is 2.23. The van der Waals surface area contributed by atoms with E-state index in [9.17, 15) is 4.79 Å². The van der Waals surface area contributed by atoms with Crippen molar-refractivity contribution in [3.63, 3.8) is 0 Å². The molecule has 0 saturated heterocycles. The number of hydrogen-bond acceptors (Lipinski definition) is 3. The average molecular weight is 300 g/mol. The molecule has 1 atom stereocenters. The maximum atomic E-state index is 12.4. The van der Waals surface area contributed by atoms with E-state index in [1.165, 1.54) is 0 Å². The molecular formula is C16H20N4O2. The summed E-state index contributed by atoms with van der Waals surface area (Å²) in [4.78, 5) is 14.0. The molecule has 2 heterocycles. The van der Waals surface area contributed by atoms with Crippen LogP contribution in [0.15, 0.2) is 36.7 Å². The van der Waals surface area contributed by atoms with Crippen LogP contribution in [0.1, 0.15) is 23.6 Å². The van der Waals surface area contributed by atoms with Gasteiger partial charge in [-0.05, 0) is 6.07 Å². The van der Waals surface area contributed by atoms with Crippen LogP contribution < -0.4 is 10.1 Å². The van der Waals surface area contributed by atoms with E-state index in [2.05, 4.69) is 10.4 Å². The minimum absolute atomic E-state index is 0.00574. The topological polar surface area (TPSA) is 59.4 Å². The molecule has 2 aromatic rings. The van der Waals surface area contributed by atoms with E-state index in [-0.39, 0.29) is 12.1 Å². The smallest absolute Gasteiger partial charge is 0.317 e. The predicted molar refractivity (Wildman–Crippen MR) is 82.5 cm³/mol. The zero-order valence-electron chi connectivity index (χ0n) is 12.8. The van der Waals surface area contributed by atoms with E-state index in [4.69, 9.17) is 4.74 Å². The Morgan fingerprint density at radius 2 is 2.32 bits per heavy atom. The minimum Gasteiger partial charge on any atom is -0.493 e. The molecule has 1 N–H and O–H groups in total. The van der Waals surface area contributed by atoms with Gasteiger partial charge in [-0.2, -0.15) is 5.10 Å². The number of nitrogens with one attached hydrogen (secondary N) is 1. The lowest BCUT2D eigenvalue weighted by atomic mass is 10.0. The number of hydrogen-bond donors (Lipinski definition) is 1. The van der Waals surface area contributed by atoms with E-state index in [0.29, 0.717) is 13.2 Å². The van der Waals surface area contributed by atoms with Gasteiger partial charge < -0.3 is 15.0 Å². The van der Waals surface area contributed by atoms with E-state index in [0.717, 1.165) is 23.3 Å². The highest BCUT2D eigenvalue weighted by atomic mass is 16.5. The summed E-state index contributed by atoms with van der Waals surface area (Å²) >= 11 is 0. The standard InChI is InChI=1S/C16H20N4O2/c1-19(10-12-9-17-20(2)11-12)16(21)18-14-7-8-22-15-6-4-3-5-13(14)15/h3-6,9,11,14H,7-8,10H2,1-2H3,(H,18,21)/t14-/m1/s1. The minimum atomic E-state index is -0.0921. The van der Waals surface area contributed by atoms with Gasteiger partial charge in [0.2, 0.25) is 0 Å². The number of carbonyl (C=O) groups is 1. The molecule has 1 aliphatic rings. The van der Waals surface area contributed by atoms with Crippen LogP contribution in [0.3, 0.4) is 0 Å². The van der Waals surface area contributed by atoms with Crippen molar-refractivity contribution in [3.05, 3.63) is 47.8 Å². The molecular weight excluding hydrogens is 280 g/mol. The maximum Gasteiger partial charge on any atom is 0.317 e. The quantitative estimate of drug-likeness (QED) is 0.944. The molecule has 116 valence electrons. The van der Waals surface area contributed by atoms with E-state index < -0.39 is 0 Å². The number of rotatable bonds is 3. The highest BCUT2D eigenvalue weighted by Crippen LogP contribution is 2.31. The fourth-order valence-electron chi connectivity index (χ4n) is 2.65. The molecule has 0 unspecified atom stereocenters. The lowest BCUT2D eigenvalue weighted by Gasteiger charge is -2.28. The van der Waals surface area contributed by atoms with Gasteiger partial charge in [0, 0.05) is 37.8 Å². The number of nitrogens with zero attached hydrogens (tertiary/aromatic N) is 3. The third-order valence-electron chi connectivity index (χ3n) is 3.78. The SMILES string of the molecule is CN(Cc1cnn(C)c1)C(=O)N[C@@H]1CCOc2ccccc21. The number of amides is 2. The van der Waals surface area contributed by atoms with Crippen molar-refractivity contribution in [2.75, 3.05) is 13.7 Å². The fraction of sp³-hybridized carbons (Fsp3) is 0.375. The second-order valence-corrected chi connectivity index (χ2v) is 5.56. The highest BCUT2D eigenvalue weighted by molar-refractivity contribution is 5.74. The molecule has 3 rings (SSSR count). The molecule has 22 heavy (non-hydrogen) atoms. The van der Waals surface area contributed by atoms with E-state index in [1.807, 2.05) is 37.5 Å². The van der Waals surface area contributed by atoms with Crippen molar-refractivity contribution in [2.45, 2.75) is 19.0 Å². The molecule has 0 spiro atoms. The van der Waals surface area contributed by atoms with Gasteiger partial charge in [-0.1, -0.05) is 18.2 Å². The summed E-state index contributed by atoms with van der Waals surface area (Å²) in [5, 5.41) is 7.20. The fourth-order valence-corrected chi connectivity index (χ4v) is 2.65. The molecule has 6 heteroatoms. The van der Waals surface area contributed by atoms with Crippen LogP contribution >= 0.6 is 0 Å². The normalized spacial score (nSPS) is 16.5. The predicted octanol–water partition coefficient (Wildman–Crippen LogP) is 2.09. The summed E-state index contributed by atoms with van der Waals surface area (Å²) in [6, 6.07) is 7.75. The number of carbonyl (C=O) groups excluding carboxylic acids is 1. The second-order valence-electron chi connectivity index (χ2n) is 5.56. The Morgan fingerprint density at radius 1 is 1.50 bits per heavy atom. The van der Waals surface area contributed by atoms with Gasteiger partial charge in [0.1, 0.15) is 5.75 Å². The lowest BCUT2D eigenvalue weighted by molar-refractivity contribution is 0.194. The number of para-hydroxylation sites is 1. The monoisotopic (exact) mass is 300 g/mol. The van der Waals surface area contributed by atoms with Gasteiger partial charge in [-0.25, -0.2) is 4.79 Å². The lowest BCUT2D eigenvalue weighted by Crippen LogP contribution is -2.40. The van der Waals surface area contributed by atoms with Crippen molar-refractivity contribution in [2.24, 2.45) is 7.05 Å². The van der Waals surface area contributed by atoms with Gasteiger partial charge in [0.25, 0.3) is 0 Å². The van der Waals surface area contributed by atoms with Gasteiger partial charge >= 0.3 is 6.03 Å².